The highest BCUT2D eigenvalue weighted by Gasteiger charge is 2.55. The first-order valence-electron chi connectivity index (χ1n) is 14.3. The van der Waals surface area contributed by atoms with Crippen LogP contribution in [-0.4, -0.2) is 151 Å². The number of carbonyl (C=O) groups excluding carboxylic acids is 2. The van der Waals surface area contributed by atoms with Crippen LogP contribution in [0.1, 0.15) is 27.0 Å². The first kappa shape index (κ1) is 35.2. The summed E-state index contributed by atoms with van der Waals surface area (Å²) < 4.78 is 23.6. The molecule has 10 atom stereocenters. The molecule has 1 aromatic rings. The molecular formula is C27H39N5O14. The lowest BCUT2D eigenvalue weighted by molar-refractivity contribution is -0.233. The minimum atomic E-state index is -1.84. The Morgan fingerprint density at radius 3 is 2.35 bits per heavy atom. The van der Waals surface area contributed by atoms with Crippen LogP contribution in [0.25, 0.3) is 0 Å². The van der Waals surface area contributed by atoms with Gasteiger partial charge in [0.1, 0.15) is 60.1 Å². The Hall–Kier alpha value is -3.69. The zero-order valence-electron chi connectivity index (χ0n) is 25.7. The Bertz CT molecular complexity index is 1450. The number of nitrogens with one attached hydrogen (secondary N) is 2. The Labute approximate surface area is 261 Å². The van der Waals surface area contributed by atoms with Gasteiger partial charge in [0, 0.05) is 32.4 Å². The molecular weight excluding hydrogens is 618 g/mol. The van der Waals surface area contributed by atoms with Gasteiger partial charge in [-0.1, -0.05) is 0 Å². The van der Waals surface area contributed by atoms with Crippen LogP contribution in [0.15, 0.2) is 33.6 Å². The minimum Gasteiger partial charge on any atom is -0.477 e. The number of hydrogen-bond donors (Lipinski definition) is 7. The molecule has 2 amide bonds. The predicted molar refractivity (Wildman–Crippen MR) is 152 cm³/mol. The highest BCUT2D eigenvalue weighted by atomic mass is 16.7. The lowest BCUT2D eigenvalue weighted by Crippen LogP contribution is -2.59. The highest BCUT2D eigenvalue weighted by Crippen LogP contribution is 2.36. The van der Waals surface area contributed by atoms with Crippen LogP contribution < -0.4 is 16.6 Å². The fourth-order valence-corrected chi connectivity index (χ4v) is 5.40. The van der Waals surface area contributed by atoms with E-state index in [0.29, 0.717) is 0 Å². The number of H-pyrrole nitrogens is 1. The molecule has 0 bridgehead atoms. The zero-order valence-corrected chi connectivity index (χ0v) is 25.7. The number of nitrogens with zero attached hydrogens (tertiary/aromatic N) is 3. The molecule has 19 heteroatoms. The van der Waals surface area contributed by atoms with Crippen molar-refractivity contribution in [2.24, 2.45) is 0 Å². The smallest absolute Gasteiger partial charge is 0.407 e. The van der Waals surface area contributed by atoms with Crippen LogP contribution in [0.2, 0.25) is 0 Å². The second kappa shape index (κ2) is 13.6. The average molecular weight is 658 g/mol. The Balaban J connectivity index is 1.65. The molecule has 4 rings (SSSR count). The molecule has 3 aliphatic heterocycles. The van der Waals surface area contributed by atoms with Crippen LogP contribution in [-0.2, 0) is 28.5 Å². The standard InChI is InChI=1S/C27H39N5O14/c1-27(2,3)46-26(42)28-10-12-15(34)18(37)24(43-12)45-19(14-21(38)31(5)11(23(39)40)6-8-30(14)4)20-16(35)17(36)22(44-20)32-9-7-13(33)29-25(32)41/h6-7,9,12,14-20,22,24,34-37H,8,10H2,1-5H3,(H,28,42)(H,39,40)(H,29,33,41)/t12?,14-,15?,16?,17?,18?,19-,20?,22?,24?/m0/s1. The number of aliphatic hydroxyl groups excluding tert-OH is 4. The van der Waals surface area contributed by atoms with Gasteiger partial charge in [-0.25, -0.2) is 14.4 Å². The van der Waals surface area contributed by atoms with Gasteiger partial charge in [-0.15, -0.1) is 0 Å². The fourth-order valence-electron chi connectivity index (χ4n) is 5.40. The van der Waals surface area contributed by atoms with E-state index < -0.39 is 96.1 Å². The largest absolute Gasteiger partial charge is 0.477 e. The Kier molecular flexibility index (Phi) is 10.4. The Morgan fingerprint density at radius 2 is 1.74 bits per heavy atom. The minimum absolute atomic E-state index is 0.116. The van der Waals surface area contributed by atoms with E-state index in [1.54, 1.807) is 20.8 Å². The van der Waals surface area contributed by atoms with Gasteiger partial charge in [0.15, 0.2) is 12.5 Å². The van der Waals surface area contributed by atoms with Gasteiger partial charge in [-0.3, -0.25) is 24.0 Å². The summed E-state index contributed by atoms with van der Waals surface area (Å²) in [5.74, 6) is -2.24. The normalized spacial score (nSPS) is 33.0. The van der Waals surface area contributed by atoms with E-state index in [2.05, 4.69) is 5.32 Å². The molecule has 1 aromatic heterocycles. The number of hydrogen-bond acceptors (Lipinski definition) is 14. The molecule has 19 nitrogen and oxygen atoms in total. The molecule has 0 spiro atoms. The van der Waals surface area contributed by atoms with E-state index in [0.717, 1.165) is 21.7 Å². The first-order valence-corrected chi connectivity index (χ1v) is 14.3. The molecule has 2 saturated heterocycles. The lowest BCUT2D eigenvalue weighted by atomic mass is 9.97. The first-order chi connectivity index (χ1) is 21.4. The molecule has 8 unspecified atom stereocenters. The van der Waals surface area contributed by atoms with Crippen molar-refractivity contribution < 1.29 is 58.9 Å². The quantitative estimate of drug-likeness (QED) is 0.142. The third-order valence-electron chi connectivity index (χ3n) is 7.70. The summed E-state index contributed by atoms with van der Waals surface area (Å²) >= 11 is 0. The molecule has 4 heterocycles. The topological polar surface area (TPSA) is 263 Å². The summed E-state index contributed by atoms with van der Waals surface area (Å²) in [6, 6.07) is -0.472. The maximum atomic E-state index is 13.8. The molecule has 2 fully saturated rings. The van der Waals surface area contributed by atoms with Gasteiger partial charge < -0.3 is 54.7 Å². The van der Waals surface area contributed by atoms with Crippen molar-refractivity contribution in [3.05, 3.63) is 44.9 Å². The number of aliphatic hydroxyl groups is 4. The number of aromatic nitrogens is 2. The fraction of sp³-hybridized carbons (Fsp3) is 0.667. The monoisotopic (exact) mass is 657 g/mol. The molecule has 0 aromatic carbocycles. The number of alkyl carbamates (subject to hydrolysis) is 1. The number of aliphatic carboxylic acids is 1. The molecule has 0 saturated carbocycles. The van der Waals surface area contributed by atoms with E-state index in [-0.39, 0.29) is 18.8 Å². The third kappa shape index (κ3) is 7.31. The van der Waals surface area contributed by atoms with Crippen molar-refractivity contribution in [1.82, 2.24) is 24.7 Å². The summed E-state index contributed by atoms with van der Waals surface area (Å²) in [5.41, 5.74) is -2.88. The summed E-state index contributed by atoms with van der Waals surface area (Å²) in [5, 5.41) is 55.7. The van der Waals surface area contributed by atoms with Gasteiger partial charge in [0.2, 0.25) is 5.91 Å². The van der Waals surface area contributed by atoms with Crippen LogP contribution in [0, 0.1) is 0 Å². The van der Waals surface area contributed by atoms with Crippen LogP contribution in [0.4, 0.5) is 4.79 Å². The van der Waals surface area contributed by atoms with Crippen molar-refractivity contribution in [1.29, 1.82) is 0 Å². The number of amides is 2. The van der Waals surface area contributed by atoms with E-state index in [9.17, 15) is 49.5 Å². The molecule has 7 N–H and O–H groups in total. The average Bonchev–Trinajstić information content (AvgIpc) is 3.35. The Morgan fingerprint density at radius 1 is 1.07 bits per heavy atom. The van der Waals surface area contributed by atoms with Crippen LogP contribution >= 0.6 is 0 Å². The van der Waals surface area contributed by atoms with E-state index in [1.165, 1.54) is 25.1 Å². The maximum absolute atomic E-state index is 13.8. The predicted octanol–water partition coefficient (Wildman–Crippen LogP) is -3.75. The van der Waals surface area contributed by atoms with Gasteiger partial charge in [0.05, 0.1) is 0 Å². The highest BCUT2D eigenvalue weighted by molar-refractivity contribution is 5.95. The SMILES string of the molecule is CN1C(=O)[C@H]([C@H](OC2OC(CNC(=O)OC(C)(C)C)C(O)C2O)C2OC(n3ccc(=O)[nH]c3=O)C(O)C2O)N(C)CC=C1C(=O)O. The number of likely N-dealkylation sites (N-methyl/N-ethyl adjacent to an activating group) is 2. The summed E-state index contributed by atoms with van der Waals surface area (Å²) in [4.78, 5) is 66.1. The summed E-state index contributed by atoms with van der Waals surface area (Å²) in [6.07, 6.45) is -13.4. The number of aromatic amines is 1. The number of carbonyl (C=O) groups is 3. The van der Waals surface area contributed by atoms with Crippen molar-refractivity contribution >= 4 is 18.0 Å². The number of rotatable bonds is 8. The van der Waals surface area contributed by atoms with Gasteiger partial charge in [-0.2, -0.15) is 0 Å². The van der Waals surface area contributed by atoms with Gasteiger partial charge in [0.25, 0.3) is 5.56 Å². The summed E-state index contributed by atoms with van der Waals surface area (Å²) in [7, 11) is 2.65. The molecule has 46 heavy (non-hydrogen) atoms. The van der Waals surface area contributed by atoms with Gasteiger partial charge >= 0.3 is 17.8 Å². The zero-order chi connectivity index (χ0) is 34.2. The van der Waals surface area contributed by atoms with Crippen molar-refractivity contribution in [2.75, 3.05) is 27.2 Å². The third-order valence-corrected chi connectivity index (χ3v) is 7.70. The van der Waals surface area contributed by atoms with E-state index in [4.69, 9.17) is 18.9 Å². The summed E-state index contributed by atoms with van der Waals surface area (Å²) in [6.45, 7) is 4.50. The molecule has 256 valence electrons. The molecule has 3 aliphatic rings. The van der Waals surface area contributed by atoms with Crippen molar-refractivity contribution in [2.45, 2.75) is 87.7 Å². The van der Waals surface area contributed by atoms with Crippen LogP contribution in [0.5, 0.6) is 0 Å². The maximum Gasteiger partial charge on any atom is 0.407 e. The number of carboxylic acid groups (broad SMARTS) is 1. The van der Waals surface area contributed by atoms with Crippen molar-refractivity contribution in [3.8, 4) is 0 Å². The van der Waals surface area contributed by atoms with Crippen LogP contribution in [0.3, 0.4) is 0 Å². The number of carboxylic acids is 1. The lowest BCUT2D eigenvalue weighted by Gasteiger charge is -2.38. The second-order valence-corrected chi connectivity index (χ2v) is 12.2. The molecule has 0 radical (unpaired) electrons. The van der Waals surface area contributed by atoms with Crippen molar-refractivity contribution in [3.63, 3.8) is 0 Å². The number of ether oxygens (including phenoxy) is 4. The molecule has 0 aliphatic carbocycles. The van der Waals surface area contributed by atoms with Gasteiger partial charge in [-0.05, 0) is 33.9 Å². The van der Waals surface area contributed by atoms with E-state index >= 15 is 0 Å². The second-order valence-electron chi connectivity index (χ2n) is 12.2. The van der Waals surface area contributed by atoms with E-state index in [1.807, 2.05) is 4.98 Å².